The number of morpholine rings is 1. The lowest BCUT2D eigenvalue weighted by molar-refractivity contribution is -0.118. The molecular formula is C21H23BrN2O5. The first-order valence-electron chi connectivity index (χ1n) is 9.22. The summed E-state index contributed by atoms with van der Waals surface area (Å²) in [5.41, 5.74) is 2.16. The molecule has 154 valence electrons. The quantitative estimate of drug-likeness (QED) is 0.634. The Morgan fingerprint density at radius 2 is 1.90 bits per heavy atom. The van der Waals surface area contributed by atoms with Crippen molar-refractivity contribution in [1.82, 2.24) is 0 Å². The molecule has 0 bridgehead atoms. The molecule has 1 amide bonds. The molecule has 0 saturated carbocycles. The summed E-state index contributed by atoms with van der Waals surface area (Å²) in [6.45, 7) is 4.13. The largest absolute Gasteiger partial charge is 0.493 e. The molecule has 8 heteroatoms. The monoisotopic (exact) mass is 462 g/mol. The van der Waals surface area contributed by atoms with Gasteiger partial charge in [0.2, 0.25) is 0 Å². The van der Waals surface area contributed by atoms with Gasteiger partial charge < -0.3 is 24.4 Å². The number of Topliss-reactive ketones (excluding diaryl/α,β-unsaturated/α-hetero) is 1. The van der Waals surface area contributed by atoms with Gasteiger partial charge in [0, 0.05) is 23.1 Å². The molecule has 2 aromatic rings. The molecule has 0 aliphatic carbocycles. The van der Waals surface area contributed by atoms with Crippen molar-refractivity contribution in [1.29, 1.82) is 0 Å². The van der Waals surface area contributed by atoms with Gasteiger partial charge in [-0.05, 0) is 43.3 Å². The van der Waals surface area contributed by atoms with E-state index in [4.69, 9.17) is 14.2 Å². The topological polar surface area (TPSA) is 77.1 Å². The second-order valence-electron chi connectivity index (χ2n) is 6.52. The Morgan fingerprint density at radius 3 is 2.59 bits per heavy atom. The van der Waals surface area contributed by atoms with Gasteiger partial charge in [-0.25, -0.2) is 0 Å². The molecule has 0 unspecified atom stereocenters. The second kappa shape index (κ2) is 9.76. The fraction of sp³-hybridized carbons (Fsp3) is 0.333. The van der Waals surface area contributed by atoms with Gasteiger partial charge in [0.1, 0.15) is 0 Å². The van der Waals surface area contributed by atoms with E-state index < -0.39 is 0 Å². The number of benzene rings is 2. The summed E-state index contributed by atoms with van der Waals surface area (Å²) < 4.78 is 17.2. The number of methoxy groups -OCH3 is 1. The molecule has 0 spiro atoms. The van der Waals surface area contributed by atoms with E-state index in [1.807, 2.05) is 18.2 Å². The summed E-state index contributed by atoms with van der Waals surface area (Å²) in [7, 11) is 1.49. The molecular weight excluding hydrogens is 440 g/mol. The van der Waals surface area contributed by atoms with Crippen LogP contribution in [0.1, 0.15) is 17.3 Å². The van der Waals surface area contributed by atoms with E-state index in [-0.39, 0.29) is 18.3 Å². The number of anilines is 2. The minimum Gasteiger partial charge on any atom is -0.493 e. The summed E-state index contributed by atoms with van der Waals surface area (Å²) in [5.74, 6) is 0.436. The minimum absolute atomic E-state index is 0.0714. The molecule has 7 nitrogen and oxygen atoms in total. The van der Waals surface area contributed by atoms with Crippen molar-refractivity contribution in [2.75, 3.05) is 50.2 Å². The number of ketones is 1. The van der Waals surface area contributed by atoms with Crippen LogP contribution in [0.4, 0.5) is 11.4 Å². The van der Waals surface area contributed by atoms with E-state index in [2.05, 4.69) is 26.1 Å². The number of hydrogen-bond acceptors (Lipinski definition) is 6. The Morgan fingerprint density at radius 1 is 1.14 bits per heavy atom. The third kappa shape index (κ3) is 5.48. The van der Waals surface area contributed by atoms with Crippen LogP contribution in [0.3, 0.4) is 0 Å². The number of ether oxygens (including phenoxy) is 3. The summed E-state index contributed by atoms with van der Waals surface area (Å²) in [6, 6.07) is 10.6. The molecule has 0 radical (unpaired) electrons. The maximum Gasteiger partial charge on any atom is 0.262 e. The van der Waals surface area contributed by atoms with Crippen LogP contribution in [0.2, 0.25) is 0 Å². The Labute approximate surface area is 178 Å². The lowest BCUT2D eigenvalue weighted by Gasteiger charge is -2.30. The van der Waals surface area contributed by atoms with E-state index >= 15 is 0 Å². The van der Waals surface area contributed by atoms with E-state index in [1.54, 1.807) is 18.2 Å². The number of nitrogens with zero attached hydrogens (tertiary/aromatic N) is 1. The summed E-state index contributed by atoms with van der Waals surface area (Å²) in [4.78, 5) is 26.2. The number of carbonyl (C=O) groups is 2. The van der Waals surface area contributed by atoms with Gasteiger partial charge in [0.05, 0.1) is 31.7 Å². The predicted molar refractivity (Wildman–Crippen MR) is 114 cm³/mol. The van der Waals surface area contributed by atoms with E-state index in [0.29, 0.717) is 36.0 Å². The van der Waals surface area contributed by atoms with Crippen molar-refractivity contribution in [3.8, 4) is 11.5 Å². The zero-order chi connectivity index (χ0) is 20.8. The van der Waals surface area contributed by atoms with Crippen LogP contribution < -0.4 is 19.7 Å². The van der Waals surface area contributed by atoms with Gasteiger partial charge in [0.15, 0.2) is 23.9 Å². The predicted octanol–water partition coefficient (Wildman–Crippen LogP) is 3.51. The molecule has 1 aliphatic heterocycles. The molecule has 1 aliphatic rings. The lowest BCUT2D eigenvalue weighted by Crippen LogP contribution is -2.37. The van der Waals surface area contributed by atoms with Crippen LogP contribution >= 0.6 is 15.9 Å². The van der Waals surface area contributed by atoms with Gasteiger partial charge in [-0.15, -0.1) is 0 Å². The SMILES string of the molecule is COc1cc(C(C)=O)ccc1OCC(=O)Nc1cc(Br)ccc1N1CCOCC1. The third-order valence-corrected chi connectivity index (χ3v) is 5.01. The average Bonchev–Trinajstić information content (AvgIpc) is 2.72. The lowest BCUT2D eigenvalue weighted by atomic mass is 10.1. The van der Waals surface area contributed by atoms with Crippen LogP contribution in [0.25, 0.3) is 0 Å². The number of halogens is 1. The first-order valence-corrected chi connectivity index (χ1v) is 10.0. The standard InChI is InChI=1S/C21H23BrN2O5/c1-14(25)15-3-6-19(20(11-15)27-2)29-13-21(26)23-17-12-16(22)4-5-18(17)24-7-9-28-10-8-24/h3-6,11-12H,7-10,13H2,1-2H3,(H,23,26). The highest BCUT2D eigenvalue weighted by Crippen LogP contribution is 2.31. The van der Waals surface area contributed by atoms with Crippen LogP contribution in [-0.4, -0.2) is 51.7 Å². The molecule has 29 heavy (non-hydrogen) atoms. The second-order valence-corrected chi connectivity index (χ2v) is 7.44. The molecule has 1 fully saturated rings. The molecule has 1 N–H and O–H groups in total. The van der Waals surface area contributed by atoms with Crippen LogP contribution in [0.5, 0.6) is 11.5 Å². The Hall–Kier alpha value is -2.58. The van der Waals surface area contributed by atoms with Crippen LogP contribution in [0.15, 0.2) is 40.9 Å². The highest BCUT2D eigenvalue weighted by Gasteiger charge is 2.17. The van der Waals surface area contributed by atoms with Crippen LogP contribution in [0, 0.1) is 0 Å². The highest BCUT2D eigenvalue weighted by molar-refractivity contribution is 9.10. The number of hydrogen-bond donors (Lipinski definition) is 1. The summed E-state index contributed by atoms with van der Waals surface area (Å²) in [5, 5.41) is 2.91. The minimum atomic E-state index is -0.296. The van der Waals surface area contributed by atoms with Gasteiger partial charge >= 0.3 is 0 Å². The number of amides is 1. The van der Waals surface area contributed by atoms with Crippen molar-refractivity contribution < 1.29 is 23.8 Å². The summed E-state index contributed by atoms with van der Waals surface area (Å²) >= 11 is 3.45. The number of nitrogens with one attached hydrogen (secondary N) is 1. The third-order valence-electron chi connectivity index (χ3n) is 4.51. The van der Waals surface area contributed by atoms with Crippen molar-refractivity contribution in [2.24, 2.45) is 0 Å². The first-order chi connectivity index (χ1) is 14.0. The molecule has 0 atom stereocenters. The Kier molecular flexibility index (Phi) is 7.11. The van der Waals surface area contributed by atoms with Gasteiger partial charge in [-0.2, -0.15) is 0 Å². The fourth-order valence-corrected chi connectivity index (χ4v) is 3.38. The molecule has 3 rings (SSSR count). The van der Waals surface area contributed by atoms with E-state index in [9.17, 15) is 9.59 Å². The van der Waals surface area contributed by atoms with Gasteiger partial charge in [0.25, 0.3) is 5.91 Å². The van der Waals surface area contributed by atoms with Crippen molar-refractivity contribution in [3.05, 3.63) is 46.4 Å². The first kappa shape index (κ1) is 21.1. The molecule has 1 saturated heterocycles. The zero-order valence-electron chi connectivity index (χ0n) is 16.4. The number of carbonyl (C=O) groups excluding carboxylic acids is 2. The van der Waals surface area contributed by atoms with Crippen molar-refractivity contribution in [3.63, 3.8) is 0 Å². The van der Waals surface area contributed by atoms with Crippen molar-refractivity contribution >= 4 is 39.0 Å². The molecule has 1 heterocycles. The molecule has 2 aromatic carbocycles. The Bertz CT molecular complexity index is 897. The van der Waals surface area contributed by atoms with Crippen LogP contribution in [-0.2, 0) is 9.53 Å². The number of rotatable bonds is 7. The Balaban J connectivity index is 1.68. The van der Waals surface area contributed by atoms with Gasteiger partial charge in [-0.1, -0.05) is 15.9 Å². The van der Waals surface area contributed by atoms with Crippen molar-refractivity contribution in [2.45, 2.75) is 6.92 Å². The smallest absolute Gasteiger partial charge is 0.262 e. The van der Waals surface area contributed by atoms with Gasteiger partial charge in [-0.3, -0.25) is 9.59 Å². The van der Waals surface area contributed by atoms with E-state index in [0.717, 1.165) is 23.2 Å². The maximum absolute atomic E-state index is 12.5. The fourth-order valence-electron chi connectivity index (χ4n) is 3.02. The normalized spacial score (nSPS) is 13.7. The zero-order valence-corrected chi connectivity index (χ0v) is 18.0. The highest BCUT2D eigenvalue weighted by atomic mass is 79.9. The summed E-state index contributed by atoms with van der Waals surface area (Å²) in [6.07, 6.45) is 0. The maximum atomic E-state index is 12.5. The molecule has 0 aromatic heterocycles. The average molecular weight is 463 g/mol. The van der Waals surface area contributed by atoms with E-state index in [1.165, 1.54) is 14.0 Å².